The van der Waals surface area contributed by atoms with Gasteiger partial charge in [-0.1, -0.05) is 6.07 Å². The van der Waals surface area contributed by atoms with Gasteiger partial charge in [0.15, 0.2) is 0 Å². The van der Waals surface area contributed by atoms with Crippen molar-refractivity contribution >= 4 is 5.69 Å². The van der Waals surface area contributed by atoms with E-state index in [2.05, 4.69) is 15.0 Å². The number of rotatable bonds is 4. The number of benzene rings is 2. The minimum atomic E-state index is -4.76. The van der Waals surface area contributed by atoms with Crippen molar-refractivity contribution in [2.24, 2.45) is 0 Å². The van der Waals surface area contributed by atoms with Gasteiger partial charge in [0.05, 0.1) is 6.61 Å². The molecule has 1 N–H and O–H groups in total. The van der Waals surface area contributed by atoms with E-state index in [0.717, 1.165) is 38.0 Å². The molecular formula is C21H23F3N2O2. The van der Waals surface area contributed by atoms with Crippen molar-refractivity contribution in [3.63, 3.8) is 0 Å². The number of fused-ring (bicyclic) bond motifs is 3. The van der Waals surface area contributed by atoms with Crippen LogP contribution in [0.2, 0.25) is 0 Å². The van der Waals surface area contributed by atoms with Crippen LogP contribution in [0.1, 0.15) is 18.9 Å². The molecule has 0 radical (unpaired) electrons. The summed E-state index contributed by atoms with van der Waals surface area (Å²) in [6.07, 6.45) is -2.78. The molecule has 0 aromatic heterocycles. The van der Waals surface area contributed by atoms with Crippen LogP contribution in [-0.2, 0) is 6.42 Å². The van der Waals surface area contributed by atoms with Gasteiger partial charge >= 0.3 is 6.36 Å². The third-order valence-corrected chi connectivity index (χ3v) is 5.27. The van der Waals surface area contributed by atoms with Crippen molar-refractivity contribution in [2.75, 3.05) is 31.1 Å². The van der Waals surface area contributed by atoms with Crippen LogP contribution in [0.15, 0.2) is 36.4 Å². The molecule has 1 unspecified atom stereocenters. The summed E-state index contributed by atoms with van der Waals surface area (Å²) in [6.45, 7) is 5.04. The normalized spacial score (nSPS) is 19.0. The maximum atomic E-state index is 12.9. The molecule has 4 rings (SSSR count). The summed E-state index contributed by atoms with van der Waals surface area (Å²) in [5.41, 5.74) is 3.49. The van der Waals surface area contributed by atoms with Gasteiger partial charge in [-0.15, -0.1) is 13.2 Å². The second kappa shape index (κ2) is 7.54. The van der Waals surface area contributed by atoms with E-state index in [-0.39, 0.29) is 5.75 Å². The predicted octanol–water partition coefficient (Wildman–Crippen LogP) is 4.38. The highest BCUT2D eigenvalue weighted by atomic mass is 19.4. The molecule has 2 aromatic rings. The van der Waals surface area contributed by atoms with Crippen LogP contribution in [0.5, 0.6) is 11.5 Å². The third-order valence-electron chi connectivity index (χ3n) is 5.27. The fraction of sp³-hybridized carbons (Fsp3) is 0.429. The Hall–Kier alpha value is -2.41. The maximum absolute atomic E-state index is 12.9. The van der Waals surface area contributed by atoms with E-state index in [0.29, 0.717) is 24.0 Å². The van der Waals surface area contributed by atoms with Crippen LogP contribution in [0.3, 0.4) is 0 Å². The quantitative estimate of drug-likeness (QED) is 0.838. The third kappa shape index (κ3) is 3.90. The molecule has 0 aliphatic carbocycles. The van der Waals surface area contributed by atoms with E-state index in [4.69, 9.17) is 4.74 Å². The van der Waals surface area contributed by atoms with Gasteiger partial charge in [0.2, 0.25) is 0 Å². The van der Waals surface area contributed by atoms with E-state index >= 15 is 0 Å². The monoisotopic (exact) mass is 392 g/mol. The molecule has 1 fully saturated rings. The van der Waals surface area contributed by atoms with E-state index in [1.807, 2.05) is 18.2 Å². The first-order valence-corrected chi connectivity index (χ1v) is 9.58. The zero-order chi connectivity index (χ0) is 19.7. The molecule has 1 saturated heterocycles. The average Bonchev–Trinajstić information content (AvgIpc) is 2.81. The second-order valence-corrected chi connectivity index (χ2v) is 7.07. The molecule has 0 saturated carbocycles. The largest absolute Gasteiger partial charge is 0.573 e. The molecule has 2 heterocycles. The maximum Gasteiger partial charge on any atom is 0.573 e. The average molecular weight is 392 g/mol. The number of hydrogen-bond donors (Lipinski definition) is 1. The molecule has 7 heteroatoms. The smallest absolute Gasteiger partial charge is 0.494 e. The van der Waals surface area contributed by atoms with Crippen molar-refractivity contribution in [1.82, 2.24) is 5.32 Å². The Morgan fingerprint density at radius 2 is 2.00 bits per heavy atom. The van der Waals surface area contributed by atoms with Gasteiger partial charge in [-0.3, -0.25) is 0 Å². The van der Waals surface area contributed by atoms with Gasteiger partial charge in [0, 0.05) is 36.4 Å². The summed E-state index contributed by atoms with van der Waals surface area (Å²) in [6, 6.07) is 10.9. The lowest BCUT2D eigenvalue weighted by atomic mass is 9.99. The first-order valence-electron chi connectivity index (χ1n) is 9.58. The van der Waals surface area contributed by atoms with Crippen LogP contribution < -0.4 is 19.7 Å². The van der Waals surface area contributed by atoms with Crippen molar-refractivity contribution in [3.05, 3.63) is 42.0 Å². The first kappa shape index (κ1) is 18.9. The molecule has 28 heavy (non-hydrogen) atoms. The number of anilines is 1. The molecule has 0 amide bonds. The molecule has 0 bridgehead atoms. The van der Waals surface area contributed by atoms with Gasteiger partial charge in [-0.25, -0.2) is 0 Å². The van der Waals surface area contributed by atoms with Crippen LogP contribution in [0.4, 0.5) is 18.9 Å². The summed E-state index contributed by atoms with van der Waals surface area (Å²) in [4.78, 5) is 2.41. The van der Waals surface area contributed by atoms with Gasteiger partial charge < -0.3 is 19.7 Å². The Balaban J connectivity index is 1.70. The first-order chi connectivity index (χ1) is 13.4. The fourth-order valence-corrected chi connectivity index (χ4v) is 4.12. The van der Waals surface area contributed by atoms with Gasteiger partial charge in [0.1, 0.15) is 11.5 Å². The molecule has 2 aliphatic rings. The zero-order valence-electron chi connectivity index (χ0n) is 15.7. The number of halogens is 3. The van der Waals surface area contributed by atoms with Crippen molar-refractivity contribution in [2.45, 2.75) is 32.2 Å². The van der Waals surface area contributed by atoms with Gasteiger partial charge in [0.25, 0.3) is 0 Å². The highest BCUT2D eigenvalue weighted by molar-refractivity contribution is 5.76. The van der Waals surface area contributed by atoms with Crippen LogP contribution in [-0.4, -0.2) is 38.6 Å². The Morgan fingerprint density at radius 3 is 2.79 bits per heavy atom. The molecule has 0 spiro atoms. The molecule has 2 aliphatic heterocycles. The van der Waals surface area contributed by atoms with Crippen LogP contribution in [0.25, 0.3) is 11.1 Å². The van der Waals surface area contributed by atoms with Crippen LogP contribution in [0, 0.1) is 0 Å². The number of hydrogen-bond acceptors (Lipinski definition) is 4. The van der Waals surface area contributed by atoms with E-state index < -0.39 is 6.36 Å². The number of nitrogens with zero attached hydrogens (tertiary/aromatic N) is 1. The van der Waals surface area contributed by atoms with E-state index in [9.17, 15) is 13.2 Å². The number of nitrogens with one attached hydrogen (secondary N) is 1. The summed E-state index contributed by atoms with van der Waals surface area (Å²) in [7, 11) is 0. The van der Waals surface area contributed by atoms with Crippen molar-refractivity contribution in [3.8, 4) is 22.6 Å². The lowest BCUT2D eigenvalue weighted by Gasteiger charge is -2.24. The molecule has 150 valence electrons. The number of ether oxygens (including phenoxy) is 2. The fourth-order valence-electron chi connectivity index (χ4n) is 4.12. The Kier molecular flexibility index (Phi) is 5.10. The van der Waals surface area contributed by atoms with E-state index in [1.54, 1.807) is 19.1 Å². The predicted molar refractivity (Wildman–Crippen MR) is 102 cm³/mol. The number of alkyl halides is 3. The lowest BCUT2D eigenvalue weighted by molar-refractivity contribution is -0.274. The van der Waals surface area contributed by atoms with Crippen molar-refractivity contribution in [1.29, 1.82) is 0 Å². The van der Waals surface area contributed by atoms with Gasteiger partial charge in [-0.2, -0.15) is 0 Å². The molecule has 4 nitrogen and oxygen atoms in total. The summed E-state index contributed by atoms with van der Waals surface area (Å²) in [5.74, 6) is 0.114. The van der Waals surface area contributed by atoms with Gasteiger partial charge in [-0.05, 0) is 61.7 Å². The standard InChI is InChI=1S/C21H23F3N2O2/c1-2-27-17-4-5-18(20(13-17)28-21(22,23)24)14-3-6-19-15(11-14)12-16-7-8-25-9-10-26(16)19/h3-6,11,13,16,25H,2,7-10,12H2,1H3. The topological polar surface area (TPSA) is 33.7 Å². The minimum Gasteiger partial charge on any atom is -0.494 e. The van der Waals surface area contributed by atoms with Crippen molar-refractivity contribution < 1.29 is 22.6 Å². The SMILES string of the molecule is CCOc1ccc(-c2ccc3c(c2)CC2CCNCCN32)c(OC(F)(F)F)c1. The summed E-state index contributed by atoms with van der Waals surface area (Å²) >= 11 is 0. The Labute approximate surface area is 162 Å². The Bertz CT molecular complexity index is 854. The minimum absolute atomic E-state index is 0.241. The second-order valence-electron chi connectivity index (χ2n) is 7.07. The molecular weight excluding hydrogens is 369 g/mol. The highest BCUT2D eigenvalue weighted by Crippen LogP contribution is 2.41. The molecule has 1 atom stereocenters. The molecule has 2 aromatic carbocycles. The summed E-state index contributed by atoms with van der Waals surface area (Å²) < 4.78 is 48.5. The zero-order valence-corrected chi connectivity index (χ0v) is 15.7. The Morgan fingerprint density at radius 1 is 1.14 bits per heavy atom. The van der Waals surface area contributed by atoms with Crippen LogP contribution >= 0.6 is 0 Å². The summed E-state index contributed by atoms with van der Waals surface area (Å²) in [5, 5.41) is 3.41. The van der Waals surface area contributed by atoms with E-state index in [1.165, 1.54) is 17.3 Å². The lowest BCUT2D eigenvalue weighted by Crippen LogP contribution is -2.32. The highest BCUT2D eigenvalue weighted by Gasteiger charge is 2.33.